The highest BCUT2D eigenvalue weighted by Gasteiger charge is 2.25. The SMILES string of the molecule is CCN1CCCCC1CC1NCCO1. The Morgan fingerprint density at radius 2 is 2.36 bits per heavy atom. The second-order valence-electron chi connectivity index (χ2n) is 4.33. The van der Waals surface area contributed by atoms with Crippen LogP contribution in [-0.4, -0.2) is 43.4 Å². The first-order valence-corrected chi connectivity index (χ1v) is 5.99. The van der Waals surface area contributed by atoms with Crippen LogP contribution in [0.3, 0.4) is 0 Å². The molecule has 0 aliphatic carbocycles. The summed E-state index contributed by atoms with van der Waals surface area (Å²) in [5.74, 6) is 0. The van der Waals surface area contributed by atoms with Crippen molar-refractivity contribution in [1.29, 1.82) is 0 Å². The maximum atomic E-state index is 5.61. The minimum Gasteiger partial charge on any atom is -0.362 e. The molecule has 0 saturated carbocycles. The molecule has 0 aromatic carbocycles. The van der Waals surface area contributed by atoms with E-state index in [9.17, 15) is 0 Å². The monoisotopic (exact) mass is 198 g/mol. The van der Waals surface area contributed by atoms with Gasteiger partial charge in [-0.1, -0.05) is 13.3 Å². The maximum Gasteiger partial charge on any atom is 0.109 e. The molecule has 2 heterocycles. The summed E-state index contributed by atoms with van der Waals surface area (Å²) < 4.78 is 5.61. The molecule has 2 aliphatic rings. The number of likely N-dealkylation sites (tertiary alicyclic amines) is 1. The Labute approximate surface area is 86.8 Å². The van der Waals surface area contributed by atoms with Gasteiger partial charge in [-0.15, -0.1) is 0 Å². The van der Waals surface area contributed by atoms with Crippen LogP contribution in [0.4, 0.5) is 0 Å². The zero-order valence-corrected chi connectivity index (χ0v) is 9.17. The van der Waals surface area contributed by atoms with Gasteiger partial charge in [0.1, 0.15) is 6.23 Å². The average molecular weight is 198 g/mol. The Hall–Kier alpha value is -0.120. The quantitative estimate of drug-likeness (QED) is 0.737. The largest absolute Gasteiger partial charge is 0.362 e. The van der Waals surface area contributed by atoms with Gasteiger partial charge >= 0.3 is 0 Å². The number of nitrogens with one attached hydrogen (secondary N) is 1. The fourth-order valence-corrected chi connectivity index (χ4v) is 2.62. The summed E-state index contributed by atoms with van der Waals surface area (Å²) in [5, 5.41) is 3.40. The summed E-state index contributed by atoms with van der Waals surface area (Å²) in [7, 11) is 0. The molecule has 0 spiro atoms. The minimum absolute atomic E-state index is 0.326. The van der Waals surface area contributed by atoms with Crippen LogP contribution in [0.5, 0.6) is 0 Å². The van der Waals surface area contributed by atoms with Crippen LogP contribution in [0.1, 0.15) is 32.6 Å². The summed E-state index contributed by atoms with van der Waals surface area (Å²) in [5.41, 5.74) is 0. The van der Waals surface area contributed by atoms with E-state index in [1.807, 2.05) is 0 Å². The second kappa shape index (κ2) is 5.10. The fourth-order valence-electron chi connectivity index (χ4n) is 2.62. The molecule has 82 valence electrons. The van der Waals surface area contributed by atoms with Crippen LogP contribution in [0.25, 0.3) is 0 Å². The average Bonchev–Trinajstić information content (AvgIpc) is 2.71. The molecule has 0 bridgehead atoms. The fraction of sp³-hybridized carbons (Fsp3) is 1.00. The van der Waals surface area contributed by atoms with E-state index in [2.05, 4.69) is 17.1 Å². The van der Waals surface area contributed by atoms with Gasteiger partial charge in [0.25, 0.3) is 0 Å². The third kappa shape index (κ3) is 2.47. The molecule has 14 heavy (non-hydrogen) atoms. The third-order valence-corrected chi connectivity index (χ3v) is 3.43. The molecule has 0 aromatic heterocycles. The van der Waals surface area contributed by atoms with Gasteiger partial charge in [-0.3, -0.25) is 5.32 Å². The standard InChI is InChI=1S/C11H22N2O/c1-2-13-7-4-3-5-10(13)9-11-12-6-8-14-11/h10-12H,2-9H2,1H3. The Bertz CT molecular complexity index is 169. The van der Waals surface area contributed by atoms with Crippen molar-refractivity contribution >= 4 is 0 Å². The Morgan fingerprint density at radius 3 is 3.07 bits per heavy atom. The molecule has 2 atom stereocenters. The highest BCUT2D eigenvalue weighted by atomic mass is 16.5. The molecule has 2 saturated heterocycles. The van der Waals surface area contributed by atoms with Crippen molar-refractivity contribution in [2.75, 3.05) is 26.2 Å². The van der Waals surface area contributed by atoms with Gasteiger partial charge in [-0.05, 0) is 25.9 Å². The van der Waals surface area contributed by atoms with Gasteiger partial charge in [-0.2, -0.15) is 0 Å². The molecule has 1 N–H and O–H groups in total. The van der Waals surface area contributed by atoms with Crippen LogP contribution in [-0.2, 0) is 4.74 Å². The number of rotatable bonds is 3. The van der Waals surface area contributed by atoms with Gasteiger partial charge in [0, 0.05) is 19.0 Å². The number of piperidine rings is 1. The smallest absolute Gasteiger partial charge is 0.109 e. The molecule has 2 rings (SSSR count). The van der Waals surface area contributed by atoms with Crippen LogP contribution < -0.4 is 5.32 Å². The van der Waals surface area contributed by atoms with Gasteiger partial charge in [0.15, 0.2) is 0 Å². The van der Waals surface area contributed by atoms with Crippen molar-refractivity contribution in [1.82, 2.24) is 10.2 Å². The Balaban J connectivity index is 1.81. The summed E-state index contributed by atoms with van der Waals surface area (Å²) in [6, 6.07) is 0.754. The third-order valence-electron chi connectivity index (χ3n) is 3.43. The van der Waals surface area contributed by atoms with Gasteiger partial charge in [0.2, 0.25) is 0 Å². The van der Waals surface area contributed by atoms with E-state index < -0.39 is 0 Å². The van der Waals surface area contributed by atoms with Gasteiger partial charge in [-0.25, -0.2) is 0 Å². The lowest BCUT2D eigenvalue weighted by atomic mass is 9.99. The van der Waals surface area contributed by atoms with Crippen LogP contribution >= 0.6 is 0 Å². The topological polar surface area (TPSA) is 24.5 Å². The van der Waals surface area contributed by atoms with Crippen LogP contribution in [0, 0.1) is 0 Å². The highest BCUT2D eigenvalue weighted by molar-refractivity contribution is 4.79. The van der Waals surface area contributed by atoms with E-state index in [0.717, 1.165) is 19.2 Å². The maximum absolute atomic E-state index is 5.61. The van der Waals surface area contributed by atoms with E-state index in [4.69, 9.17) is 4.74 Å². The molecule has 2 unspecified atom stereocenters. The summed E-state index contributed by atoms with van der Waals surface area (Å²) in [4.78, 5) is 2.60. The second-order valence-corrected chi connectivity index (χ2v) is 4.33. The first kappa shape index (κ1) is 10.4. The number of ether oxygens (including phenoxy) is 1. The summed E-state index contributed by atoms with van der Waals surface area (Å²) in [6.45, 7) is 6.67. The number of nitrogens with zero attached hydrogens (tertiary/aromatic N) is 1. The first-order valence-electron chi connectivity index (χ1n) is 5.99. The minimum atomic E-state index is 0.326. The predicted molar refractivity (Wildman–Crippen MR) is 57.2 cm³/mol. The molecule has 2 fully saturated rings. The van der Waals surface area contributed by atoms with E-state index in [0.29, 0.717) is 6.23 Å². The molecule has 3 heteroatoms. The predicted octanol–water partition coefficient (Wildman–Crippen LogP) is 1.20. The van der Waals surface area contributed by atoms with Crippen molar-refractivity contribution < 1.29 is 4.74 Å². The number of hydrogen-bond acceptors (Lipinski definition) is 3. The van der Waals surface area contributed by atoms with Crippen molar-refractivity contribution in [3.8, 4) is 0 Å². The van der Waals surface area contributed by atoms with Gasteiger partial charge in [0.05, 0.1) is 6.61 Å². The van der Waals surface area contributed by atoms with Crippen LogP contribution in [0.2, 0.25) is 0 Å². The lowest BCUT2D eigenvalue weighted by Crippen LogP contribution is -2.43. The molecule has 0 radical (unpaired) electrons. The van der Waals surface area contributed by atoms with E-state index in [-0.39, 0.29) is 0 Å². The lowest BCUT2D eigenvalue weighted by molar-refractivity contribution is 0.0490. The zero-order chi connectivity index (χ0) is 9.80. The molecule has 0 aromatic rings. The van der Waals surface area contributed by atoms with Gasteiger partial charge < -0.3 is 9.64 Å². The molecule has 3 nitrogen and oxygen atoms in total. The van der Waals surface area contributed by atoms with Crippen molar-refractivity contribution in [3.05, 3.63) is 0 Å². The van der Waals surface area contributed by atoms with Crippen molar-refractivity contribution in [2.24, 2.45) is 0 Å². The Kier molecular flexibility index (Phi) is 3.79. The van der Waals surface area contributed by atoms with Crippen LogP contribution in [0.15, 0.2) is 0 Å². The Morgan fingerprint density at radius 1 is 1.43 bits per heavy atom. The molecule has 2 aliphatic heterocycles. The summed E-state index contributed by atoms with van der Waals surface area (Å²) >= 11 is 0. The van der Waals surface area contributed by atoms with Crippen molar-refractivity contribution in [2.45, 2.75) is 44.9 Å². The normalized spacial score (nSPS) is 34.9. The lowest BCUT2D eigenvalue weighted by Gasteiger charge is -2.36. The first-order chi connectivity index (χ1) is 6.90. The highest BCUT2D eigenvalue weighted by Crippen LogP contribution is 2.21. The van der Waals surface area contributed by atoms with E-state index in [1.54, 1.807) is 0 Å². The molecular weight excluding hydrogens is 176 g/mol. The molecular formula is C11H22N2O. The number of hydrogen-bond donors (Lipinski definition) is 1. The summed E-state index contributed by atoms with van der Waals surface area (Å²) in [6.07, 6.45) is 5.63. The van der Waals surface area contributed by atoms with E-state index >= 15 is 0 Å². The van der Waals surface area contributed by atoms with E-state index in [1.165, 1.54) is 38.8 Å². The zero-order valence-electron chi connectivity index (χ0n) is 9.17. The molecule has 0 amide bonds. The van der Waals surface area contributed by atoms with Crippen molar-refractivity contribution in [3.63, 3.8) is 0 Å².